The van der Waals surface area contributed by atoms with Gasteiger partial charge in [0.2, 0.25) is 0 Å². The third kappa shape index (κ3) is 1.58. The summed E-state index contributed by atoms with van der Waals surface area (Å²) in [6, 6.07) is 3.30. The van der Waals surface area contributed by atoms with Crippen molar-refractivity contribution in [1.82, 2.24) is 4.98 Å². The third-order valence-electron chi connectivity index (χ3n) is 1.55. The van der Waals surface area contributed by atoms with Gasteiger partial charge >= 0.3 is 0 Å². The quantitative estimate of drug-likeness (QED) is 0.683. The van der Waals surface area contributed by atoms with Gasteiger partial charge in [-0.05, 0) is 18.2 Å². The van der Waals surface area contributed by atoms with Crippen LogP contribution in [0.4, 0.5) is 8.78 Å². The van der Waals surface area contributed by atoms with Crippen LogP contribution in [0.1, 0.15) is 0 Å². The standard InChI is InChI=1S/C9H4F2NS/c10-6-1-2-8(11)7(5-6)9-12-3-4-13-9/h1-3,5H. The lowest BCUT2D eigenvalue weighted by Gasteiger charge is -1.97. The van der Waals surface area contributed by atoms with Crippen LogP contribution in [0.5, 0.6) is 0 Å². The summed E-state index contributed by atoms with van der Waals surface area (Å²) in [6.45, 7) is 0. The zero-order valence-corrected chi connectivity index (χ0v) is 7.24. The van der Waals surface area contributed by atoms with Crippen LogP contribution >= 0.6 is 11.3 Å². The Bertz CT molecular complexity index is 412. The first-order chi connectivity index (χ1) is 6.27. The summed E-state index contributed by atoms with van der Waals surface area (Å²) in [7, 11) is 0. The van der Waals surface area contributed by atoms with Gasteiger partial charge in [0.15, 0.2) is 0 Å². The molecule has 2 aromatic rings. The van der Waals surface area contributed by atoms with Crippen LogP contribution in [0.25, 0.3) is 10.6 Å². The van der Waals surface area contributed by atoms with E-state index in [0.29, 0.717) is 5.01 Å². The van der Waals surface area contributed by atoms with E-state index >= 15 is 0 Å². The van der Waals surface area contributed by atoms with Crippen molar-refractivity contribution in [3.63, 3.8) is 0 Å². The van der Waals surface area contributed by atoms with E-state index in [2.05, 4.69) is 10.4 Å². The summed E-state index contributed by atoms with van der Waals surface area (Å²) >= 11 is 1.16. The molecule has 1 aromatic carbocycles. The summed E-state index contributed by atoms with van der Waals surface area (Å²) < 4.78 is 25.9. The van der Waals surface area contributed by atoms with Crippen LogP contribution < -0.4 is 0 Å². The van der Waals surface area contributed by atoms with Crippen LogP contribution in [-0.4, -0.2) is 4.98 Å². The van der Waals surface area contributed by atoms with Gasteiger partial charge in [-0.2, -0.15) is 0 Å². The van der Waals surface area contributed by atoms with Gasteiger partial charge in [-0.15, -0.1) is 11.3 Å². The molecule has 1 heterocycles. The van der Waals surface area contributed by atoms with Crippen LogP contribution in [0.3, 0.4) is 0 Å². The molecule has 1 aromatic heterocycles. The molecule has 0 unspecified atom stereocenters. The molecule has 0 fully saturated rings. The Morgan fingerprint density at radius 1 is 1.31 bits per heavy atom. The first kappa shape index (κ1) is 8.31. The molecular formula is C9H4F2NS. The number of hydrogen-bond donors (Lipinski definition) is 0. The average Bonchev–Trinajstić information content (AvgIpc) is 2.61. The van der Waals surface area contributed by atoms with Gasteiger partial charge in [0.05, 0.1) is 5.38 Å². The Kier molecular flexibility index (Phi) is 2.06. The SMILES string of the molecule is Fc1ccc(F)c(-c2nc[c]s2)c1. The van der Waals surface area contributed by atoms with Gasteiger partial charge < -0.3 is 0 Å². The van der Waals surface area contributed by atoms with Gasteiger partial charge in [-0.3, -0.25) is 0 Å². The van der Waals surface area contributed by atoms with E-state index in [1.807, 2.05) is 0 Å². The fourth-order valence-electron chi connectivity index (χ4n) is 0.979. The van der Waals surface area contributed by atoms with E-state index < -0.39 is 11.6 Å². The number of thiazole rings is 1. The van der Waals surface area contributed by atoms with E-state index in [1.165, 1.54) is 6.20 Å². The van der Waals surface area contributed by atoms with Crippen LogP contribution in [-0.2, 0) is 0 Å². The molecule has 0 aliphatic heterocycles. The first-order valence-corrected chi connectivity index (χ1v) is 4.36. The fraction of sp³-hybridized carbons (Fsp3) is 0. The van der Waals surface area contributed by atoms with E-state index in [0.717, 1.165) is 29.5 Å². The maximum Gasteiger partial charge on any atom is 0.133 e. The summed E-state index contributed by atoms with van der Waals surface area (Å²) in [5, 5.41) is 3.16. The minimum atomic E-state index is -0.468. The van der Waals surface area contributed by atoms with Crippen molar-refractivity contribution in [3.8, 4) is 10.6 Å². The predicted octanol–water partition coefficient (Wildman–Crippen LogP) is 2.89. The second-order valence-electron chi connectivity index (χ2n) is 2.41. The molecule has 0 N–H and O–H groups in total. The fourth-order valence-corrected chi connectivity index (χ4v) is 1.57. The highest BCUT2D eigenvalue weighted by atomic mass is 32.1. The summed E-state index contributed by atoms with van der Waals surface area (Å²) in [6.07, 6.45) is 1.43. The lowest BCUT2D eigenvalue weighted by molar-refractivity contribution is 0.603. The molecule has 0 saturated heterocycles. The van der Waals surface area contributed by atoms with Gasteiger partial charge in [-0.25, -0.2) is 13.8 Å². The van der Waals surface area contributed by atoms with Crippen molar-refractivity contribution in [3.05, 3.63) is 41.4 Å². The second-order valence-corrected chi connectivity index (χ2v) is 3.23. The van der Waals surface area contributed by atoms with Crippen molar-refractivity contribution < 1.29 is 8.78 Å². The molecule has 1 radical (unpaired) electrons. The zero-order valence-electron chi connectivity index (χ0n) is 6.42. The number of rotatable bonds is 1. The van der Waals surface area contributed by atoms with Crippen molar-refractivity contribution in [2.24, 2.45) is 0 Å². The highest BCUT2D eigenvalue weighted by Crippen LogP contribution is 2.24. The summed E-state index contributed by atoms with van der Waals surface area (Å²) in [5.74, 6) is -0.934. The Hall–Kier alpha value is -1.29. The number of halogens is 2. The molecular weight excluding hydrogens is 192 g/mol. The number of hydrogen-bond acceptors (Lipinski definition) is 2. The molecule has 2 rings (SSSR count). The topological polar surface area (TPSA) is 12.9 Å². The van der Waals surface area contributed by atoms with Crippen molar-refractivity contribution in [2.45, 2.75) is 0 Å². The lowest BCUT2D eigenvalue weighted by atomic mass is 10.2. The number of benzene rings is 1. The van der Waals surface area contributed by atoms with Crippen molar-refractivity contribution in [1.29, 1.82) is 0 Å². The highest BCUT2D eigenvalue weighted by Gasteiger charge is 2.08. The van der Waals surface area contributed by atoms with Crippen LogP contribution in [0, 0.1) is 17.0 Å². The van der Waals surface area contributed by atoms with E-state index in [-0.39, 0.29) is 5.56 Å². The predicted molar refractivity (Wildman–Crippen MR) is 46.3 cm³/mol. The van der Waals surface area contributed by atoms with Crippen molar-refractivity contribution >= 4 is 11.3 Å². The normalized spacial score (nSPS) is 10.3. The molecule has 0 spiro atoms. The molecule has 4 heteroatoms. The Morgan fingerprint density at radius 2 is 2.15 bits per heavy atom. The average molecular weight is 196 g/mol. The zero-order chi connectivity index (χ0) is 9.26. The molecule has 0 atom stereocenters. The summed E-state index contributed by atoms with van der Waals surface area (Å²) in [5.41, 5.74) is 0.186. The largest absolute Gasteiger partial charge is 0.244 e. The Balaban J connectivity index is 2.57. The smallest absolute Gasteiger partial charge is 0.133 e. The molecule has 0 aliphatic rings. The second kappa shape index (κ2) is 3.22. The molecule has 0 aliphatic carbocycles. The van der Waals surface area contributed by atoms with Gasteiger partial charge in [-0.1, -0.05) is 0 Å². The maximum atomic E-state index is 13.1. The molecule has 65 valence electrons. The molecule has 0 amide bonds. The molecule has 13 heavy (non-hydrogen) atoms. The molecule has 0 saturated carbocycles. The van der Waals surface area contributed by atoms with Gasteiger partial charge in [0.1, 0.15) is 16.6 Å². The third-order valence-corrected chi connectivity index (χ3v) is 2.29. The number of nitrogens with zero attached hydrogens (tertiary/aromatic N) is 1. The van der Waals surface area contributed by atoms with Gasteiger partial charge in [0, 0.05) is 11.8 Å². The van der Waals surface area contributed by atoms with E-state index in [9.17, 15) is 8.78 Å². The van der Waals surface area contributed by atoms with Gasteiger partial charge in [0.25, 0.3) is 0 Å². The minimum absolute atomic E-state index is 0.186. The first-order valence-electron chi connectivity index (χ1n) is 3.54. The minimum Gasteiger partial charge on any atom is -0.244 e. The molecule has 0 bridgehead atoms. The van der Waals surface area contributed by atoms with Crippen LogP contribution in [0.15, 0.2) is 24.4 Å². The highest BCUT2D eigenvalue weighted by molar-refractivity contribution is 7.12. The Labute approximate surface area is 77.7 Å². The maximum absolute atomic E-state index is 13.1. The van der Waals surface area contributed by atoms with Crippen molar-refractivity contribution in [2.75, 3.05) is 0 Å². The molecule has 1 nitrogen and oxygen atoms in total. The lowest BCUT2D eigenvalue weighted by Crippen LogP contribution is -1.84. The Morgan fingerprint density at radius 3 is 2.85 bits per heavy atom. The van der Waals surface area contributed by atoms with Crippen LogP contribution in [0.2, 0.25) is 0 Å². The monoisotopic (exact) mass is 196 g/mol. The van der Waals surface area contributed by atoms with E-state index in [1.54, 1.807) is 0 Å². The summed E-state index contributed by atoms with van der Waals surface area (Å²) in [4.78, 5) is 3.84. The number of aromatic nitrogens is 1. The van der Waals surface area contributed by atoms with E-state index in [4.69, 9.17) is 0 Å².